The van der Waals surface area contributed by atoms with Crippen molar-refractivity contribution in [2.45, 2.75) is 32.1 Å². The van der Waals surface area contributed by atoms with Crippen molar-refractivity contribution in [3.8, 4) is 0 Å². The average molecular weight is 413 g/mol. The highest BCUT2D eigenvalue weighted by Gasteiger charge is 2.36. The molecule has 0 aliphatic heterocycles. The summed E-state index contributed by atoms with van der Waals surface area (Å²) in [6.07, 6.45) is 5.19. The summed E-state index contributed by atoms with van der Waals surface area (Å²) in [5.74, 6) is 0.515. The van der Waals surface area contributed by atoms with Gasteiger partial charge in [-0.15, -0.1) is 24.0 Å². The van der Waals surface area contributed by atoms with E-state index in [0.29, 0.717) is 18.4 Å². The molecule has 6 nitrogen and oxygen atoms in total. The summed E-state index contributed by atoms with van der Waals surface area (Å²) in [6, 6.07) is 0. The first-order valence-electron chi connectivity index (χ1n) is 7.16. The van der Waals surface area contributed by atoms with E-state index in [1.165, 1.54) is 26.4 Å². The van der Waals surface area contributed by atoms with Crippen LogP contribution in [0.5, 0.6) is 0 Å². The van der Waals surface area contributed by atoms with Crippen LogP contribution in [-0.2, 0) is 14.3 Å². The van der Waals surface area contributed by atoms with E-state index >= 15 is 0 Å². The lowest BCUT2D eigenvalue weighted by molar-refractivity contribution is -0.140. The highest BCUT2D eigenvalue weighted by Crippen LogP contribution is 2.43. The molecule has 2 N–H and O–H groups in total. The van der Waals surface area contributed by atoms with E-state index in [-0.39, 0.29) is 29.9 Å². The second kappa shape index (κ2) is 11.1. The molecule has 0 spiro atoms. The normalized spacial score (nSPS) is 16.4. The van der Waals surface area contributed by atoms with Crippen molar-refractivity contribution in [2.75, 3.05) is 41.0 Å². The van der Waals surface area contributed by atoms with Gasteiger partial charge in [0.2, 0.25) is 0 Å². The van der Waals surface area contributed by atoms with Crippen LogP contribution in [0, 0.1) is 5.41 Å². The summed E-state index contributed by atoms with van der Waals surface area (Å²) >= 11 is 0. The fourth-order valence-electron chi connectivity index (χ4n) is 2.39. The topological polar surface area (TPSA) is 72.0 Å². The third-order valence-electron chi connectivity index (χ3n) is 3.95. The maximum absolute atomic E-state index is 11.0. The molecule has 1 aliphatic carbocycles. The van der Waals surface area contributed by atoms with E-state index in [2.05, 4.69) is 20.4 Å². The maximum atomic E-state index is 11.0. The van der Waals surface area contributed by atoms with Crippen LogP contribution in [-0.4, -0.2) is 52.9 Å². The number of hydrogen-bond acceptors (Lipinski definition) is 4. The van der Waals surface area contributed by atoms with Gasteiger partial charge in [-0.3, -0.25) is 9.79 Å². The van der Waals surface area contributed by atoms with Crippen LogP contribution >= 0.6 is 24.0 Å². The number of ether oxygens (including phenoxy) is 2. The molecule has 124 valence electrons. The summed E-state index contributed by atoms with van der Waals surface area (Å²) in [6.45, 7) is 2.22. The van der Waals surface area contributed by atoms with E-state index < -0.39 is 0 Å². The standard InChI is InChI=1S/C14H27N3O3.HI/c1-15-13(16-9-5-12(18)20-3)17-11-14(6-4-7-14)8-10-19-2;/h4-11H2,1-3H3,(H2,15,16,17);1H. The smallest absolute Gasteiger partial charge is 0.307 e. The third-order valence-corrected chi connectivity index (χ3v) is 3.95. The number of rotatable bonds is 8. The molecule has 0 heterocycles. The van der Waals surface area contributed by atoms with Crippen molar-refractivity contribution in [2.24, 2.45) is 10.4 Å². The van der Waals surface area contributed by atoms with Gasteiger partial charge in [0.15, 0.2) is 5.96 Å². The van der Waals surface area contributed by atoms with Gasteiger partial charge in [-0.05, 0) is 24.7 Å². The Morgan fingerprint density at radius 3 is 2.48 bits per heavy atom. The Kier molecular flexibility index (Phi) is 10.8. The predicted octanol–water partition coefficient (Wildman–Crippen LogP) is 1.54. The number of carbonyl (C=O) groups is 1. The minimum Gasteiger partial charge on any atom is -0.469 e. The second-order valence-corrected chi connectivity index (χ2v) is 5.28. The largest absolute Gasteiger partial charge is 0.469 e. The molecule has 0 amide bonds. The minimum absolute atomic E-state index is 0. The number of aliphatic imine (C=N–C) groups is 1. The molecule has 0 aromatic heterocycles. The molecule has 1 saturated carbocycles. The van der Waals surface area contributed by atoms with Gasteiger partial charge in [0.25, 0.3) is 0 Å². The Morgan fingerprint density at radius 2 is 2.00 bits per heavy atom. The fourth-order valence-corrected chi connectivity index (χ4v) is 2.39. The molecular weight excluding hydrogens is 385 g/mol. The quantitative estimate of drug-likeness (QED) is 0.274. The minimum atomic E-state index is -0.219. The first-order valence-corrected chi connectivity index (χ1v) is 7.16. The Hall–Kier alpha value is -0.570. The molecule has 0 aromatic rings. The third kappa shape index (κ3) is 7.30. The van der Waals surface area contributed by atoms with Crippen LogP contribution in [0.1, 0.15) is 32.1 Å². The molecule has 7 heteroatoms. The number of hydrogen-bond donors (Lipinski definition) is 2. The molecule has 0 bridgehead atoms. The lowest BCUT2D eigenvalue weighted by atomic mass is 9.67. The maximum Gasteiger partial charge on any atom is 0.307 e. The first-order chi connectivity index (χ1) is 9.65. The van der Waals surface area contributed by atoms with Crippen molar-refractivity contribution in [3.63, 3.8) is 0 Å². The zero-order valence-electron chi connectivity index (χ0n) is 13.2. The highest BCUT2D eigenvalue weighted by atomic mass is 127. The first kappa shape index (κ1) is 20.4. The molecular formula is C14H28IN3O3. The van der Waals surface area contributed by atoms with Crippen molar-refractivity contribution in [1.82, 2.24) is 10.6 Å². The van der Waals surface area contributed by atoms with E-state index in [0.717, 1.165) is 25.5 Å². The Labute approximate surface area is 144 Å². The van der Waals surface area contributed by atoms with Gasteiger partial charge < -0.3 is 20.1 Å². The Balaban J connectivity index is 0.00000400. The van der Waals surface area contributed by atoms with Gasteiger partial charge in [-0.25, -0.2) is 0 Å². The van der Waals surface area contributed by atoms with Crippen LogP contribution < -0.4 is 10.6 Å². The van der Waals surface area contributed by atoms with Crippen LogP contribution in [0.4, 0.5) is 0 Å². The molecule has 0 radical (unpaired) electrons. The molecule has 1 aliphatic rings. The van der Waals surface area contributed by atoms with Gasteiger partial charge in [-0.1, -0.05) is 6.42 Å². The predicted molar refractivity (Wildman–Crippen MR) is 94.2 cm³/mol. The number of guanidine groups is 1. The molecule has 0 unspecified atom stereocenters. The van der Waals surface area contributed by atoms with E-state index in [4.69, 9.17) is 4.74 Å². The summed E-state index contributed by atoms with van der Waals surface area (Å²) < 4.78 is 9.78. The van der Waals surface area contributed by atoms with Crippen LogP contribution in [0.2, 0.25) is 0 Å². The lowest BCUT2D eigenvalue weighted by Crippen LogP contribution is -2.47. The second-order valence-electron chi connectivity index (χ2n) is 5.28. The van der Waals surface area contributed by atoms with Crippen molar-refractivity contribution < 1.29 is 14.3 Å². The number of nitrogens with one attached hydrogen (secondary N) is 2. The Morgan fingerprint density at radius 1 is 1.29 bits per heavy atom. The SMILES string of the molecule is CN=C(NCCC(=O)OC)NCC1(CCOC)CCC1.I. The molecule has 21 heavy (non-hydrogen) atoms. The van der Waals surface area contributed by atoms with E-state index in [1.54, 1.807) is 14.2 Å². The van der Waals surface area contributed by atoms with Gasteiger partial charge in [0.1, 0.15) is 0 Å². The average Bonchev–Trinajstić information content (AvgIpc) is 2.43. The van der Waals surface area contributed by atoms with Gasteiger partial charge in [0.05, 0.1) is 13.5 Å². The van der Waals surface area contributed by atoms with Crippen LogP contribution in [0.25, 0.3) is 0 Å². The summed E-state index contributed by atoms with van der Waals surface area (Å²) in [5, 5.41) is 6.46. The molecule has 1 fully saturated rings. The highest BCUT2D eigenvalue weighted by molar-refractivity contribution is 14.0. The number of nitrogens with zero attached hydrogens (tertiary/aromatic N) is 1. The number of methoxy groups -OCH3 is 2. The van der Waals surface area contributed by atoms with Gasteiger partial charge in [0, 0.05) is 33.9 Å². The van der Waals surface area contributed by atoms with Crippen LogP contribution in [0.3, 0.4) is 0 Å². The van der Waals surface area contributed by atoms with Gasteiger partial charge in [-0.2, -0.15) is 0 Å². The molecule has 0 atom stereocenters. The van der Waals surface area contributed by atoms with E-state index in [9.17, 15) is 4.79 Å². The van der Waals surface area contributed by atoms with Crippen molar-refractivity contribution in [3.05, 3.63) is 0 Å². The zero-order valence-corrected chi connectivity index (χ0v) is 15.6. The van der Waals surface area contributed by atoms with E-state index in [1.807, 2.05) is 0 Å². The monoisotopic (exact) mass is 413 g/mol. The van der Waals surface area contributed by atoms with Crippen LogP contribution in [0.15, 0.2) is 4.99 Å². The van der Waals surface area contributed by atoms with Gasteiger partial charge >= 0.3 is 5.97 Å². The lowest BCUT2D eigenvalue weighted by Gasteiger charge is -2.42. The Bertz CT molecular complexity index is 333. The number of esters is 1. The fraction of sp³-hybridized carbons (Fsp3) is 0.857. The molecule has 0 saturated heterocycles. The number of carbonyl (C=O) groups excluding carboxylic acids is 1. The summed E-state index contributed by atoms with van der Waals surface area (Å²) in [5.41, 5.74) is 0.343. The molecule has 1 rings (SSSR count). The molecule has 0 aromatic carbocycles. The van der Waals surface area contributed by atoms with Crippen molar-refractivity contribution in [1.29, 1.82) is 0 Å². The number of halogens is 1. The summed E-state index contributed by atoms with van der Waals surface area (Å²) in [7, 11) is 4.87. The van der Waals surface area contributed by atoms with Crippen molar-refractivity contribution >= 4 is 35.9 Å². The summed E-state index contributed by atoms with van der Waals surface area (Å²) in [4.78, 5) is 15.2. The zero-order chi connectivity index (χ0) is 14.8.